The Morgan fingerprint density at radius 3 is 2.75 bits per heavy atom. The summed E-state index contributed by atoms with van der Waals surface area (Å²) in [7, 11) is 0. The number of nitrogens with zero attached hydrogens (tertiary/aromatic N) is 2. The van der Waals surface area contributed by atoms with Gasteiger partial charge in [0.25, 0.3) is 0 Å². The zero-order valence-electron chi connectivity index (χ0n) is 12.0. The van der Waals surface area contributed by atoms with Crippen LogP contribution in [0.1, 0.15) is 38.4 Å². The highest BCUT2D eigenvalue weighted by molar-refractivity contribution is 5.79. The maximum atomic E-state index is 9.55. The van der Waals surface area contributed by atoms with Gasteiger partial charge in [-0.15, -0.1) is 0 Å². The second-order valence-corrected chi connectivity index (χ2v) is 6.17. The number of aliphatic hydroxyl groups is 1. The predicted octanol–water partition coefficient (Wildman–Crippen LogP) is 2.94. The van der Waals surface area contributed by atoms with Gasteiger partial charge in [0.2, 0.25) is 0 Å². The maximum absolute atomic E-state index is 9.55. The highest BCUT2D eigenvalue weighted by atomic mass is 16.3. The largest absolute Gasteiger partial charge is 0.399 e. The third-order valence-corrected chi connectivity index (χ3v) is 4.57. The number of anilines is 1. The van der Waals surface area contributed by atoms with Gasteiger partial charge in [0, 0.05) is 12.2 Å². The van der Waals surface area contributed by atoms with Gasteiger partial charge in [0.05, 0.1) is 11.0 Å². The number of hydrogen-bond acceptors (Lipinski definition) is 3. The monoisotopic (exact) mass is 273 g/mol. The number of benzene rings is 1. The van der Waals surface area contributed by atoms with Gasteiger partial charge in [-0.3, -0.25) is 0 Å². The van der Waals surface area contributed by atoms with E-state index in [0.29, 0.717) is 5.92 Å². The van der Waals surface area contributed by atoms with E-state index in [1.54, 1.807) is 0 Å². The van der Waals surface area contributed by atoms with Crippen molar-refractivity contribution in [2.45, 2.75) is 45.8 Å². The molecule has 1 aromatic carbocycles. The molecule has 0 amide bonds. The number of imidazole rings is 1. The summed E-state index contributed by atoms with van der Waals surface area (Å²) >= 11 is 0. The van der Waals surface area contributed by atoms with Gasteiger partial charge < -0.3 is 15.4 Å². The van der Waals surface area contributed by atoms with Gasteiger partial charge in [0.15, 0.2) is 0 Å². The molecule has 1 fully saturated rings. The lowest BCUT2D eigenvalue weighted by atomic mass is 9.83. The van der Waals surface area contributed by atoms with Crippen LogP contribution < -0.4 is 5.73 Å². The molecule has 1 aliphatic carbocycles. The average molecular weight is 273 g/mol. The van der Waals surface area contributed by atoms with Gasteiger partial charge in [0.1, 0.15) is 12.4 Å². The first-order valence-corrected chi connectivity index (χ1v) is 7.53. The lowest BCUT2D eigenvalue weighted by Gasteiger charge is -2.27. The highest BCUT2D eigenvalue weighted by Gasteiger charge is 2.20. The van der Waals surface area contributed by atoms with E-state index in [4.69, 9.17) is 5.73 Å². The molecule has 4 nitrogen and oxygen atoms in total. The molecular formula is C16H23N3O. The molecule has 1 aliphatic rings. The first kappa shape index (κ1) is 13.4. The number of aromatic nitrogens is 2. The minimum atomic E-state index is -0.0162. The molecule has 108 valence electrons. The van der Waals surface area contributed by atoms with Crippen LogP contribution in [0.4, 0.5) is 5.69 Å². The van der Waals surface area contributed by atoms with E-state index in [2.05, 4.69) is 16.5 Å². The van der Waals surface area contributed by atoms with Crippen molar-refractivity contribution in [2.75, 3.05) is 5.73 Å². The Hall–Kier alpha value is -1.55. The Bertz CT molecular complexity index is 597. The maximum Gasteiger partial charge on any atom is 0.135 e. The van der Waals surface area contributed by atoms with Crippen LogP contribution >= 0.6 is 0 Å². The molecular weight excluding hydrogens is 250 g/mol. The molecule has 1 saturated carbocycles. The molecule has 0 radical (unpaired) electrons. The third kappa shape index (κ3) is 2.52. The fraction of sp³-hybridized carbons (Fsp3) is 0.562. The molecule has 1 heterocycles. The predicted molar refractivity (Wildman–Crippen MR) is 81.2 cm³/mol. The summed E-state index contributed by atoms with van der Waals surface area (Å²) in [4.78, 5) is 4.51. The number of nitrogens with two attached hydrogens (primary N) is 1. The smallest absolute Gasteiger partial charge is 0.135 e. The van der Waals surface area contributed by atoms with E-state index in [-0.39, 0.29) is 6.61 Å². The van der Waals surface area contributed by atoms with Crippen LogP contribution in [-0.4, -0.2) is 14.7 Å². The highest BCUT2D eigenvalue weighted by Crippen LogP contribution is 2.31. The fourth-order valence-electron chi connectivity index (χ4n) is 3.29. The van der Waals surface area contributed by atoms with Crippen molar-refractivity contribution < 1.29 is 5.11 Å². The first-order valence-electron chi connectivity index (χ1n) is 7.53. The van der Waals surface area contributed by atoms with Gasteiger partial charge in [-0.2, -0.15) is 0 Å². The Kier molecular flexibility index (Phi) is 3.66. The van der Waals surface area contributed by atoms with Crippen LogP contribution in [0.2, 0.25) is 0 Å². The molecule has 0 saturated heterocycles. The second kappa shape index (κ2) is 5.44. The van der Waals surface area contributed by atoms with Crippen LogP contribution in [-0.2, 0) is 13.2 Å². The summed E-state index contributed by atoms with van der Waals surface area (Å²) < 4.78 is 2.18. The summed E-state index contributed by atoms with van der Waals surface area (Å²) in [6.07, 6.45) is 5.19. The van der Waals surface area contributed by atoms with E-state index >= 15 is 0 Å². The number of rotatable bonds is 3. The zero-order chi connectivity index (χ0) is 14.1. The Labute approximate surface area is 119 Å². The van der Waals surface area contributed by atoms with Crippen LogP contribution in [0.5, 0.6) is 0 Å². The fourth-order valence-corrected chi connectivity index (χ4v) is 3.29. The Morgan fingerprint density at radius 1 is 1.30 bits per heavy atom. The molecule has 0 atom stereocenters. The lowest BCUT2D eigenvalue weighted by Crippen LogP contribution is -2.19. The van der Waals surface area contributed by atoms with Crippen molar-refractivity contribution >= 4 is 16.7 Å². The number of aliphatic hydroxyl groups excluding tert-OH is 1. The van der Waals surface area contributed by atoms with E-state index in [1.165, 1.54) is 25.7 Å². The number of nitrogen functional groups attached to an aromatic ring is 1. The van der Waals surface area contributed by atoms with Crippen LogP contribution in [0, 0.1) is 11.8 Å². The average Bonchev–Trinajstić information content (AvgIpc) is 2.78. The van der Waals surface area contributed by atoms with Gasteiger partial charge >= 0.3 is 0 Å². The molecule has 0 unspecified atom stereocenters. The van der Waals surface area contributed by atoms with Crippen molar-refractivity contribution in [1.82, 2.24) is 9.55 Å². The van der Waals surface area contributed by atoms with Crippen molar-refractivity contribution in [2.24, 2.45) is 11.8 Å². The molecule has 0 spiro atoms. The van der Waals surface area contributed by atoms with Gasteiger partial charge in [-0.05, 0) is 42.9 Å². The summed E-state index contributed by atoms with van der Waals surface area (Å²) in [6, 6.07) is 5.81. The van der Waals surface area contributed by atoms with Gasteiger partial charge in [-0.25, -0.2) is 4.98 Å². The van der Waals surface area contributed by atoms with E-state index in [0.717, 1.165) is 35.0 Å². The number of fused-ring (bicyclic) bond motifs is 1. The van der Waals surface area contributed by atoms with Gasteiger partial charge in [-0.1, -0.05) is 19.8 Å². The molecule has 3 rings (SSSR count). The third-order valence-electron chi connectivity index (χ3n) is 4.57. The molecule has 0 aliphatic heterocycles. The normalized spacial score (nSPS) is 23.3. The van der Waals surface area contributed by atoms with E-state index < -0.39 is 0 Å². The lowest BCUT2D eigenvalue weighted by molar-refractivity contribution is 0.242. The Morgan fingerprint density at radius 2 is 2.05 bits per heavy atom. The molecule has 4 heteroatoms. The Balaban J connectivity index is 1.89. The number of hydrogen-bond donors (Lipinski definition) is 2. The summed E-state index contributed by atoms with van der Waals surface area (Å²) in [5.74, 6) is 2.32. The molecule has 0 bridgehead atoms. The molecule has 20 heavy (non-hydrogen) atoms. The van der Waals surface area contributed by atoms with E-state index in [9.17, 15) is 5.11 Å². The van der Waals surface area contributed by atoms with Crippen molar-refractivity contribution in [3.8, 4) is 0 Å². The van der Waals surface area contributed by atoms with Crippen molar-refractivity contribution in [3.05, 3.63) is 24.0 Å². The van der Waals surface area contributed by atoms with Crippen LogP contribution in [0.15, 0.2) is 18.2 Å². The zero-order valence-corrected chi connectivity index (χ0v) is 12.0. The summed E-state index contributed by atoms with van der Waals surface area (Å²) in [6.45, 7) is 3.28. The van der Waals surface area contributed by atoms with Crippen molar-refractivity contribution in [3.63, 3.8) is 0 Å². The molecule has 2 aromatic rings. The standard InChI is InChI=1S/C16H23N3O/c1-11-2-4-12(5-3-11)9-19-15-7-6-13(17)8-14(15)18-16(19)10-20/h6-8,11-12,20H,2-5,9-10,17H2,1H3. The minimum Gasteiger partial charge on any atom is -0.399 e. The second-order valence-electron chi connectivity index (χ2n) is 6.17. The SMILES string of the molecule is CC1CCC(Cn2c(CO)nc3cc(N)ccc32)CC1. The van der Waals surface area contributed by atoms with E-state index in [1.807, 2.05) is 18.2 Å². The summed E-state index contributed by atoms with van der Waals surface area (Å²) in [5.41, 5.74) is 8.51. The summed E-state index contributed by atoms with van der Waals surface area (Å²) in [5, 5.41) is 9.55. The first-order chi connectivity index (χ1) is 9.67. The van der Waals surface area contributed by atoms with Crippen LogP contribution in [0.3, 0.4) is 0 Å². The topological polar surface area (TPSA) is 64.1 Å². The quantitative estimate of drug-likeness (QED) is 0.845. The molecule has 3 N–H and O–H groups in total. The molecule has 1 aromatic heterocycles. The van der Waals surface area contributed by atoms with Crippen molar-refractivity contribution in [1.29, 1.82) is 0 Å². The minimum absolute atomic E-state index is 0.0162. The van der Waals surface area contributed by atoms with Crippen LogP contribution in [0.25, 0.3) is 11.0 Å².